The highest BCUT2D eigenvalue weighted by atomic mass is 35.5. The van der Waals surface area contributed by atoms with Gasteiger partial charge in [0.15, 0.2) is 0 Å². The van der Waals surface area contributed by atoms with E-state index in [0.29, 0.717) is 0 Å². The maximum Gasteiger partial charge on any atom is 0.111 e. The molecule has 0 amide bonds. The lowest BCUT2D eigenvalue weighted by atomic mass is 9.87. The van der Waals surface area contributed by atoms with Crippen LogP contribution in [-0.2, 0) is 0 Å². The summed E-state index contributed by atoms with van der Waals surface area (Å²) in [5, 5.41) is 44.1. The van der Waals surface area contributed by atoms with Gasteiger partial charge in [-0.25, -0.2) is 0 Å². The van der Waals surface area contributed by atoms with Crippen molar-refractivity contribution in [2.24, 2.45) is 0 Å². The van der Waals surface area contributed by atoms with Crippen LogP contribution in [0.15, 0.2) is 0 Å². The van der Waals surface area contributed by atoms with E-state index in [1.54, 1.807) is 0 Å². The Labute approximate surface area is 73.8 Å². The standard InChI is InChI=1S/C6H11ClO5/c7-1-2(8)4(10)6(12)5(11)3(1)9/h1-6,8-12H/t1?,2-,3-,4-,5+,6?/m1/s1. The molecule has 0 heterocycles. The molecule has 0 saturated heterocycles. The zero-order valence-electron chi connectivity index (χ0n) is 6.08. The molecule has 0 bridgehead atoms. The Balaban J connectivity index is 2.76. The third-order valence-corrected chi connectivity index (χ3v) is 2.57. The molecule has 72 valence electrons. The van der Waals surface area contributed by atoms with Crippen molar-refractivity contribution >= 4 is 11.6 Å². The lowest BCUT2D eigenvalue weighted by molar-refractivity contribution is -0.173. The van der Waals surface area contributed by atoms with E-state index in [1.165, 1.54) is 0 Å². The molecule has 0 aromatic heterocycles. The minimum absolute atomic E-state index is 1.17. The Morgan fingerprint density at radius 3 is 1.17 bits per heavy atom. The zero-order chi connectivity index (χ0) is 9.46. The van der Waals surface area contributed by atoms with E-state index in [9.17, 15) is 0 Å². The SMILES string of the molecule is OC1[C@@H](O)[C@H](O)C(Cl)[C@@H](O)[C@H]1O. The highest BCUT2D eigenvalue weighted by Crippen LogP contribution is 2.24. The van der Waals surface area contributed by atoms with Crippen LogP contribution < -0.4 is 0 Å². The summed E-state index contributed by atoms with van der Waals surface area (Å²) in [6, 6.07) is 0. The molecule has 6 atom stereocenters. The first-order valence-corrected chi connectivity index (χ1v) is 3.95. The van der Waals surface area contributed by atoms with Crippen molar-refractivity contribution in [1.29, 1.82) is 0 Å². The van der Waals surface area contributed by atoms with Gasteiger partial charge >= 0.3 is 0 Å². The fourth-order valence-electron chi connectivity index (χ4n) is 1.18. The van der Waals surface area contributed by atoms with Gasteiger partial charge in [0.2, 0.25) is 0 Å². The summed E-state index contributed by atoms with van der Waals surface area (Å²) >= 11 is 5.44. The first kappa shape index (κ1) is 10.2. The summed E-state index contributed by atoms with van der Waals surface area (Å²) in [5.41, 5.74) is 0. The fourth-order valence-corrected chi connectivity index (χ4v) is 1.48. The summed E-state index contributed by atoms with van der Waals surface area (Å²) in [5.74, 6) is 0. The molecule has 0 spiro atoms. The Morgan fingerprint density at radius 2 is 0.833 bits per heavy atom. The second kappa shape index (κ2) is 3.45. The minimum Gasteiger partial charge on any atom is -0.389 e. The quantitative estimate of drug-likeness (QED) is 0.275. The van der Waals surface area contributed by atoms with Gasteiger partial charge in [0, 0.05) is 0 Å². The Bertz CT molecular complexity index is 107. The average molecular weight is 199 g/mol. The lowest BCUT2D eigenvalue weighted by Crippen LogP contribution is -2.61. The highest BCUT2D eigenvalue weighted by Gasteiger charge is 2.47. The third-order valence-electron chi connectivity index (χ3n) is 2.05. The molecule has 1 rings (SSSR count). The van der Waals surface area contributed by atoms with E-state index in [1.807, 2.05) is 0 Å². The molecular weight excluding hydrogens is 188 g/mol. The van der Waals surface area contributed by atoms with Crippen molar-refractivity contribution in [3.05, 3.63) is 0 Å². The predicted molar refractivity (Wildman–Crippen MR) is 39.7 cm³/mol. The smallest absolute Gasteiger partial charge is 0.111 e. The largest absolute Gasteiger partial charge is 0.389 e. The Morgan fingerprint density at radius 1 is 0.583 bits per heavy atom. The number of alkyl halides is 1. The molecule has 1 aliphatic carbocycles. The van der Waals surface area contributed by atoms with Gasteiger partial charge in [-0.2, -0.15) is 0 Å². The predicted octanol–water partition coefficient (Wildman–Crippen LogP) is -2.59. The Kier molecular flexibility index (Phi) is 2.92. The maximum atomic E-state index is 9.09. The van der Waals surface area contributed by atoms with Gasteiger partial charge < -0.3 is 25.5 Å². The molecule has 2 unspecified atom stereocenters. The van der Waals surface area contributed by atoms with Gasteiger partial charge in [-0.3, -0.25) is 0 Å². The monoisotopic (exact) mass is 198 g/mol. The maximum absolute atomic E-state index is 9.09. The van der Waals surface area contributed by atoms with Crippen molar-refractivity contribution in [1.82, 2.24) is 0 Å². The van der Waals surface area contributed by atoms with Crippen LogP contribution in [0.3, 0.4) is 0 Å². The van der Waals surface area contributed by atoms with Crippen molar-refractivity contribution in [2.45, 2.75) is 35.9 Å². The molecule has 0 radical (unpaired) electrons. The molecular formula is C6H11ClO5. The summed E-state index contributed by atoms with van der Waals surface area (Å²) in [7, 11) is 0. The van der Waals surface area contributed by atoms with Gasteiger partial charge in [-0.15, -0.1) is 11.6 Å². The molecule has 1 fully saturated rings. The van der Waals surface area contributed by atoms with Gasteiger partial charge in [-0.05, 0) is 0 Å². The van der Waals surface area contributed by atoms with Crippen molar-refractivity contribution in [3.63, 3.8) is 0 Å². The molecule has 12 heavy (non-hydrogen) atoms. The van der Waals surface area contributed by atoms with Gasteiger partial charge in [0.05, 0.1) is 5.38 Å². The Hall–Kier alpha value is 0.0900. The van der Waals surface area contributed by atoms with E-state index in [4.69, 9.17) is 37.1 Å². The third kappa shape index (κ3) is 1.44. The van der Waals surface area contributed by atoms with E-state index >= 15 is 0 Å². The number of aliphatic hydroxyl groups excluding tert-OH is 5. The van der Waals surface area contributed by atoms with Gasteiger partial charge in [0.1, 0.15) is 30.5 Å². The van der Waals surface area contributed by atoms with Crippen LogP contribution in [0.1, 0.15) is 0 Å². The topological polar surface area (TPSA) is 101 Å². The average Bonchev–Trinajstić information content (AvgIpc) is 2.08. The summed E-state index contributed by atoms with van der Waals surface area (Å²) in [6.07, 6.45) is -7.47. The first-order valence-electron chi connectivity index (χ1n) is 3.51. The number of aliphatic hydroxyl groups is 5. The minimum atomic E-state index is -1.56. The van der Waals surface area contributed by atoms with Crippen molar-refractivity contribution in [3.8, 4) is 0 Å². The first-order chi connectivity index (χ1) is 5.46. The van der Waals surface area contributed by atoms with Crippen molar-refractivity contribution in [2.75, 3.05) is 0 Å². The van der Waals surface area contributed by atoms with Crippen LogP contribution in [0, 0.1) is 0 Å². The number of rotatable bonds is 0. The second-order valence-electron chi connectivity index (χ2n) is 2.90. The van der Waals surface area contributed by atoms with Gasteiger partial charge in [0.25, 0.3) is 0 Å². The van der Waals surface area contributed by atoms with Crippen LogP contribution >= 0.6 is 11.6 Å². The van der Waals surface area contributed by atoms with E-state index in [0.717, 1.165) is 0 Å². The number of hydrogen-bond donors (Lipinski definition) is 5. The summed E-state index contributed by atoms with van der Waals surface area (Å²) in [4.78, 5) is 0. The van der Waals surface area contributed by atoms with Crippen LogP contribution in [0.5, 0.6) is 0 Å². The fraction of sp³-hybridized carbons (Fsp3) is 1.00. The van der Waals surface area contributed by atoms with Gasteiger partial charge in [-0.1, -0.05) is 0 Å². The van der Waals surface area contributed by atoms with E-state index in [-0.39, 0.29) is 0 Å². The second-order valence-corrected chi connectivity index (χ2v) is 3.40. The summed E-state index contributed by atoms with van der Waals surface area (Å²) < 4.78 is 0. The molecule has 6 heteroatoms. The zero-order valence-corrected chi connectivity index (χ0v) is 6.83. The molecule has 1 saturated carbocycles. The van der Waals surface area contributed by atoms with Crippen LogP contribution in [0.4, 0.5) is 0 Å². The summed E-state index contributed by atoms with van der Waals surface area (Å²) in [6.45, 7) is 0. The molecule has 0 aliphatic heterocycles. The van der Waals surface area contributed by atoms with Crippen LogP contribution in [0.2, 0.25) is 0 Å². The van der Waals surface area contributed by atoms with Crippen LogP contribution in [-0.4, -0.2) is 61.4 Å². The number of hydrogen-bond acceptors (Lipinski definition) is 5. The molecule has 0 aromatic rings. The number of halogens is 1. The molecule has 0 aromatic carbocycles. The van der Waals surface area contributed by atoms with E-state index in [2.05, 4.69) is 0 Å². The molecule has 1 aliphatic rings. The van der Waals surface area contributed by atoms with Crippen LogP contribution in [0.25, 0.3) is 0 Å². The normalized spacial score (nSPS) is 55.5. The molecule has 5 nitrogen and oxygen atoms in total. The molecule has 5 N–H and O–H groups in total. The lowest BCUT2D eigenvalue weighted by Gasteiger charge is -2.39. The van der Waals surface area contributed by atoms with E-state index < -0.39 is 35.9 Å². The van der Waals surface area contributed by atoms with Crippen molar-refractivity contribution < 1.29 is 25.5 Å². The highest BCUT2D eigenvalue weighted by molar-refractivity contribution is 6.21.